The van der Waals surface area contributed by atoms with Gasteiger partial charge in [0.25, 0.3) is 0 Å². The summed E-state index contributed by atoms with van der Waals surface area (Å²) in [4.78, 5) is -0.0807. The van der Waals surface area contributed by atoms with Gasteiger partial charge in [-0.15, -0.1) is 0 Å². The van der Waals surface area contributed by atoms with Crippen molar-refractivity contribution >= 4 is 10.0 Å². The molecule has 4 nitrogen and oxygen atoms in total. The van der Waals surface area contributed by atoms with Gasteiger partial charge in [0.2, 0.25) is 10.0 Å². The molecule has 0 amide bonds. The van der Waals surface area contributed by atoms with Crippen molar-refractivity contribution in [3.05, 3.63) is 65.0 Å². The molecule has 23 heavy (non-hydrogen) atoms. The number of sulfonamides is 1. The number of aryl methyl sites for hydroxylation is 1. The minimum Gasteiger partial charge on any atom is -0.377 e. The molecule has 0 aromatic heterocycles. The lowest BCUT2D eigenvalue weighted by Crippen LogP contribution is -2.24. The summed E-state index contributed by atoms with van der Waals surface area (Å²) >= 11 is 0. The highest BCUT2D eigenvalue weighted by atomic mass is 32.2. The van der Waals surface area contributed by atoms with Gasteiger partial charge >= 0.3 is 0 Å². The lowest BCUT2D eigenvalue weighted by atomic mass is 10.1. The fourth-order valence-electron chi connectivity index (χ4n) is 2.08. The third kappa shape index (κ3) is 4.60. The Hall–Kier alpha value is -1.76. The molecule has 0 unspecified atom stereocenters. The zero-order valence-corrected chi connectivity index (χ0v) is 14.0. The first kappa shape index (κ1) is 17.6. The van der Waals surface area contributed by atoms with E-state index in [2.05, 4.69) is 4.72 Å². The van der Waals surface area contributed by atoms with Crippen LogP contribution in [0.3, 0.4) is 0 Å². The van der Waals surface area contributed by atoms with Crippen molar-refractivity contribution in [2.75, 3.05) is 6.61 Å². The van der Waals surface area contributed by atoms with Crippen LogP contribution in [0, 0.1) is 12.7 Å². The van der Waals surface area contributed by atoms with Gasteiger partial charge in [0.05, 0.1) is 11.5 Å². The maximum absolute atomic E-state index is 13.6. The van der Waals surface area contributed by atoms with Gasteiger partial charge in [0.1, 0.15) is 5.82 Å². The minimum atomic E-state index is -3.77. The predicted molar refractivity (Wildman–Crippen MR) is 86.9 cm³/mol. The summed E-state index contributed by atoms with van der Waals surface area (Å²) < 4.78 is 46.0. The Morgan fingerprint density at radius 3 is 2.48 bits per heavy atom. The van der Waals surface area contributed by atoms with Crippen LogP contribution in [0.5, 0.6) is 0 Å². The Balaban J connectivity index is 2.14. The Morgan fingerprint density at radius 1 is 1.13 bits per heavy atom. The minimum absolute atomic E-state index is 0.0807. The summed E-state index contributed by atoms with van der Waals surface area (Å²) in [6, 6.07) is 11.3. The predicted octanol–water partition coefficient (Wildman–Crippen LogP) is 3.15. The molecule has 2 aromatic carbocycles. The fraction of sp³-hybridized carbons (Fsp3) is 0.294. The first-order valence-corrected chi connectivity index (χ1v) is 8.82. The van der Waals surface area contributed by atoms with Crippen LogP contribution in [0.2, 0.25) is 0 Å². The first-order chi connectivity index (χ1) is 10.9. The lowest BCUT2D eigenvalue weighted by Gasteiger charge is -2.11. The Morgan fingerprint density at radius 2 is 1.83 bits per heavy atom. The number of ether oxygens (including phenoxy) is 1. The van der Waals surface area contributed by atoms with Crippen molar-refractivity contribution < 1.29 is 17.5 Å². The molecule has 0 saturated carbocycles. The molecule has 0 radical (unpaired) electrons. The number of hydrogen-bond donors (Lipinski definition) is 1. The Bertz CT molecular complexity index is 775. The van der Waals surface area contributed by atoms with E-state index in [9.17, 15) is 12.8 Å². The van der Waals surface area contributed by atoms with E-state index in [1.54, 1.807) is 6.92 Å². The second kappa shape index (κ2) is 7.68. The zero-order chi connectivity index (χ0) is 16.9. The molecular formula is C17H20FNO3S. The quantitative estimate of drug-likeness (QED) is 0.844. The summed E-state index contributed by atoms with van der Waals surface area (Å²) in [6.07, 6.45) is 0. The molecule has 2 rings (SSSR count). The summed E-state index contributed by atoms with van der Waals surface area (Å²) in [5.74, 6) is -0.537. The maximum Gasteiger partial charge on any atom is 0.240 e. The summed E-state index contributed by atoms with van der Waals surface area (Å²) in [7, 11) is -3.77. The molecule has 0 spiro atoms. The van der Waals surface area contributed by atoms with Crippen molar-refractivity contribution in [2.24, 2.45) is 0 Å². The zero-order valence-electron chi connectivity index (χ0n) is 13.2. The highest BCUT2D eigenvalue weighted by molar-refractivity contribution is 7.89. The molecule has 124 valence electrons. The van der Waals surface area contributed by atoms with E-state index in [0.717, 1.165) is 17.2 Å². The van der Waals surface area contributed by atoms with Gasteiger partial charge in [0, 0.05) is 13.2 Å². The van der Waals surface area contributed by atoms with Crippen molar-refractivity contribution in [3.63, 3.8) is 0 Å². The van der Waals surface area contributed by atoms with Crippen LogP contribution in [0.4, 0.5) is 4.39 Å². The van der Waals surface area contributed by atoms with E-state index in [0.29, 0.717) is 18.8 Å². The number of halogens is 1. The van der Waals surface area contributed by atoms with Crippen LogP contribution >= 0.6 is 0 Å². The molecule has 0 fully saturated rings. The summed E-state index contributed by atoms with van der Waals surface area (Å²) in [5.41, 5.74) is 2.16. The van der Waals surface area contributed by atoms with Crippen LogP contribution < -0.4 is 4.72 Å². The van der Waals surface area contributed by atoms with Gasteiger partial charge in [-0.05, 0) is 42.7 Å². The standard InChI is InChI=1S/C17H20FNO3S/c1-3-22-12-15-7-5-4-6-14(15)11-19-23(20,21)16-9-8-13(2)17(18)10-16/h4-10,19H,3,11-12H2,1-2H3. The molecule has 0 atom stereocenters. The topological polar surface area (TPSA) is 55.4 Å². The molecule has 1 N–H and O–H groups in total. The van der Waals surface area contributed by atoms with Crippen LogP contribution in [0.25, 0.3) is 0 Å². The first-order valence-electron chi connectivity index (χ1n) is 7.34. The van der Waals surface area contributed by atoms with E-state index in [1.807, 2.05) is 31.2 Å². The average Bonchev–Trinajstić information content (AvgIpc) is 2.54. The SMILES string of the molecule is CCOCc1ccccc1CNS(=O)(=O)c1ccc(C)c(F)c1. The second-order valence-corrected chi connectivity index (χ2v) is 6.91. The van der Waals surface area contributed by atoms with Crippen LogP contribution in [-0.2, 0) is 27.9 Å². The van der Waals surface area contributed by atoms with Crippen LogP contribution in [-0.4, -0.2) is 15.0 Å². The van der Waals surface area contributed by atoms with Crippen molar-refractivity contribution in [1.82, 2.24) is 4.72 Å². The number of rotatable bonds is 7. The van der Waals surface area contributed by atoms with Gasteiger partial charge in [-0.1, -0.05) is 30.3 Å². The van der Waals surface area contributed by atoms with Gasteiger partial charge in [-0.25, -0.2) is 17.5 Å². The monoisotopic (exact) mass is 337 g/mol. The van der Waals surface area contributed by atoms with Crippen LogP contribution in [0.1, 0.15) is 23.6 Å². The largest absolute Gasteiger partial charge is 0.377 e. The molecule has 0 bridgehead atoms. The van der Waals surface area contributed by atoms with Crippen molar-refractivity contribution in [2.45, 2.75) is 31.9 Å². The van der Waals surface area contributed by atoms with E-state index in [1.165, 1.54) is 12.1 Å². The lowest BCUT2D eigenvalue weighted by molar-refractivity contribution is 0.133. The number of benzene rings is 2. The Labute approximate surface area is 136 Å². The molecule has 0 saturated heterocycles. The summed E-state index contributed by atoms with van der Waals surface area (Å²) in [5, 5.41) is 0. The maximum atomic E-state index is 13.6. The van der Waals surface area contributed by atoms with Gasteiger partial charge < -0.3 is 4.74 Å². The van der Waals surface area contributed by atoms with Gasteiger partial charge in [-0.3, -0.25) is 0 Å². The van der Waals surface area contributed by atoms with E-state index >= 15 is 0 Å². The third-order valence-corrected chi connectivity index (χ3v) is 4.89. The number of hydrogen-bond acceptors (Lipinski definition) is 3. The normalized spacial score (nSPS) is 11.6. The fourth-order valence-corrected chi connectivity index (χ4v) is 3.10. The van der Waals surface area contributed by atoms with Crippen molar-refractivity contribution in [3.8, 4) is 0 Å². The summed E-state index contributed by atoms with van der Waals surface area (Å²) in [6.45, 7) is 4.62. The van der Waals surface area contributed by atoms with E-state index in [4.69, 9.17) is 4.74 Å². The highest BCUT2D eigenvalue weighted by Crippen LogP contribution is 2.16. The second-order valence-electron chi connectivity index (χ2n) is 5.14. The van der Waals surface area contributed by atoms with E-state index < -0.39 is 15.8 Å². The molecule has 0 heterocycles. The molecular weight excluding hydrogens is 317 g/mol. The van der Waals surface area contributed by atoms with Gasteiger partial charge in [0.15, 0.2) is 0 Å². The molecule has 0 aliphatic rings. The smallest absolute Gasteiger partial charge is 0.240 e. The molecule has 0 aliphatic heterocycles. The van der Waals surface area contributed by atoms with Crippen LogP contribution in [0.15, 0.2) is 47.4 Å². The third-order valence-electron chi connectivity index (χ3n) is 3.49. The number of nitrogens with one attached hydrogen (secondary N) is 1. The highest BCUT2D eigenvalue weighted by Gasteiger charge is 2.16. The molecule has 2 aromatic rings. The van der Waals surface area contributed by atoms with E-state index in [-0.39, 0.29) is 11.4 Å². The van der Waals surface area contributed by atoms with Gasteiger partial charge in [-0.2, -0.15) is 0 Å². The molecule has 0 aliphatic carbocycles. The Kier molecular flexibility index (Phi) is 5.87. The molecule has 6 heteroatoms. The van der Waals surface area contributed by atoms with Crippen molar-refractivity contribution in [1.29, 1.82) is 0 Å². The average molecular weight is 337 g/mol.